The molecule has 0 spiro atoms. The molecule has 0 radical (unpaired) electrons. The van der Waals surface area contributed by atoms with E-state index in [-0.39, 0.29) is 30.5 Å². The maximum atomic E-state index is 6.76. The molecule has 1 fully saturated rings. The quantitative estimate of drug-likeness (QED) is 0.202. The van der Waals surface area contributed by atoms with E-state index in [1.165, 1.54) is 0 Å². The highest BCUT2D eigenvalue weighted by atomic mass is 16.6. The second-order valence-corrected chi connectivity index (χ2v) is 9.82. The van der Waals surface area contributed by atoms with Crippen molar-refractivity contribution in [3.8, 4) is 5.75 Å². The molecule has 0 bridgehead atoms. The van der Waals surface area contributed by atoms with Crippen LogP contribution < -0.4 is 4.74 Å². The molecule has 1 saturated heterocycles. The summed E-state index contributed by atoms with van der Waals surface area (Å²) in [5.74, 6) is 0.798. The van der Waals surface area contributed by atoms with Crippen LogP contribution in [-0.4, -0.2) is 31.5 Å². The van der Waals surface area contributed by atoms with Crippen LogP contribution in [0.3, 0.4) is 0 Å². The molecule has 0 amide bonds. The zero-order chi connectivity index (χ0) is 26.9. The van der Waals surface area contributed by atoms with Crippen LogP contribution in [0, 0.1) is 0 Å². The van der Waals surface area contributed by atoms with Crippen LogP contribution in [0.1, 0.15) is 35.3 Å². The third kappa shape index (κ3) is 7.14. The van der Waals surface area contributed by atoms with Crippen molar-refractivity contribution in [2.45, 2.75) is 57.3 Å². The molecule has 1 aliphatic heterocycles. The second-order valence-electron chi connectivity index (χ2n) is 9.82. The summed E-state index contributed by atoms with van der Waals surface area (Å²) in [7, 11) is 1.67. The first-order chi connectivity index (χ1) is 19.2. The summed E-state index contributed by atoms with van der Waals surface area (Å²) < 4.78 is 31.7. The van der Waals surface area contributed by atoms with Crippen molar-refractivity contribution in [1.82, 2.24) is 0 Å². The zero-order valence-corrected chi connectivity index (χ0v) is 22.5. The van der Waals surface area contributed by atoms with Gasteiger partial charge in [-0.3, -0.25) is 0 Å². The Morgan fingerprint density at radius 3 is 1.62 bits per heavy atom. The van der Waals surface area contributed by atoms with Gasteiger partial charge in [-0.05, 0) is 41.3 Å². The zero-order valence-electron chi connectivity index (χ0n) is 22.5. The van der Waals surface area contributed by atoms with E-state index in [9.17, 15) is 0 Å². The lowest BCUT2D eigenvalue weighted by atomic mass is 9.99. The SMILES string of the molecule is COc1ccc([C@@H]2O[C@@H](C(C)OCc3ccccc3)[C@H](OCc3ccccc3)[C@H]2OCc2ccccc2)cc1. The highest BCUT2D eigenvalue weighted by molar-refractivity contribution is 5.30. The Balaban J connectivity index is 1.41. The highest BCUT2D eigenvalue weighted by Crippen LogP contribution is 2.40. The third-order valence-corrected chi connectivity index (χ3v) is 7.08. The average Bonchev–Trinajstić information content (AvgIpc) is 3.37. The number of ether oxygens (including phenoxy) is 5. The standard InChI is InChI=1S/C34H36O5/c1-25(36-22-26-12-6-3-7-13-26)31-33(37-23-27-14-8-4-9-15-27)34(38-24-28-16-10-5-11-17-28)32(39-31)29-18-20-30(35-2)21-19-29/h3-21,25,31-34H,22-24H2,1-2H3/t25?,31-,32-,33-,34-/m0/s1. The van der Waals surface area contributed by atoms with Gasteiger partial charge in [-0.2, -0.15) is 0 Å². The molecule has 0 aromatic heterocycles. The molecule has 5 atom stereocenters. The predicted molar refractivity (Wildman–Crippen MR) is 151 cm³/mol. The Kier molecular flexibility index (Phi) is 9.41. The summed E-state index contributed by atoms with van der Waals surface area (Å²) in [6.07, 6.45) is -1.56. The summed E-state index contributed by atoms with van der Waals surface area (Å²) in [4.78, 5) is 0. The van der Waals surface area contributed by atoms with Crippen LogP contribution in [0.2, 0.25) is 0 Å². The normalized spacial score (nSPS) is 21.5. The Bertz CT molecular complexity index is 1250. The Morgan fingerprint density at radius 2 is 1.10 bits per heavy atom. The van der Waals surface area contributed by atoms with E-state index >= 15 is 0 Å². The van der Waals surface area contributed by atoms with Gasteiger partial charge in [-0.25, -0.2) is 0 Å². The first-order valence-electron chi connectivity index (χ1n) is 13.5. The number of methoxy groups -OCH3 is 1. The van der Waals surface area contributed by atoms with Gasteiger partial charge < -0.3 is 23.7 Å². The fourth-order valence-corrected chi connectivity index (χ4v) is 4.93. The third-order valence-electron chi connectivity index (χ3n) is 7.08. The van der Waals surface area contributed by atoms with E-state index in [1.54, 1.807) is 7.11 Å². The van der Waals surface area contributed by atoms with E-state index in [4.69, 9.17) is 23.7 Å². The van der Waals surface area contributed by atoms with Gasteiger partial charge in [-0.15, -0.1) is 0 Å². The molecule has 4 aromatic rings. The highest BCUT2D eigenvalue weighted by Gasteiger charge is 2.49. The molecule has 1 aliphatic rings. The molecular weight excluding hydrogens is 488 g/mol. The maximum Gasteiger partial charge on any atom is 0.118 e. The fourth-order valence-electron chi connectivity index (χ4n) is 4.93. The van der Waals surface area contributed by atoms with E-state index in [0.717, 1.165) is 28.0 Å². The van der Waals surface area contributed by atoms with Crippen molar-refractivity contribution in [1.29, 1.82) is 0 Å². The lowest BCUT2D eigenvalue weighted by Crippen LogP contribution is -2.41. The topological polar surface area (TPSA) is 46.2 Å². The molecular formula is C34H36O5. The monoisotopic (exact) mass is 524 g/mol. The minimum Gasteiger partial charge on any atom is -0.497 e. The predicted octanol–water partition coefficient (Wildman–Crippen LogP) is 6.91. The number of hydrogen-bond donors (Lipinski definition) is 0. The largest absolute Gasteiger partial charge is 0.497 e. The Hall–Kier alpha value is -3.48. The number of benzene rings is 4. The molecule has 0 aliphatic carbocycles. The summed E-state index contributed by atoms with van der Waals surface area (Å²) in [6, 6.07) is 38.6. The summed E-state index contributed by atoms with van der Waals surface area (Å²) in [5.41, 5.74) is 4.33. The van der Waals surface area contributed by atoms with Crippen molar-refractivity contribution in [2.75, 3.05) is 7.11 Å². The molecule has 4 aromatic carbocycles. The van der Waals surface area contributed by atoms with E-state index in [0.29, 0.717) is 19.8 Å². The van der Waals surface area contributed by atoms with Gasteiger partial charge in [0.05, 0.1) is 33.0 Å². The van der Waals surface area contributed by atoms with Gasteiger partial charge >= 0.3 is 0 Å². The molecule has 0 N–H and O–H groups in total. The second kappa shape index (κ2) is 13.5. The Labute approximate surface area is 231 Å². The summed E-state index contributed by atoms with van der Waals surface area (Å²) >= 11 is 0. The summed E-state index contributed by atoms with van der Waals surface area (Å²) in [6.45, 7) is 3.46. The molecule has 5 rings (SSSR count). The van der Waals surface area contributed by atoms with Gasteiger partial charge in [0, 0.05) is 0 Å². The van der Waals surface area contributed by atoms with Gasteiger partial charge in [-0.1, -0.05) is 103 Å². The van der Waals surface area contributed by atoms with Crippen molar-refractivity contribution in [2.24, 2.45) is 0 Å². The molecule has 5 heteroatoms. The first kappa shape index (κ1) is 27.1. The van der Waals surface area contributed by atoms with Gasteiger partial charge in [0.15, 0.2) is 0 Å². The van der Waals surface area contributed by atoms with Crippen LogP contribution in [-0.2, 0) is 38.8 Å². The lowest BCUT2D eigenvalue weighted by Gasteiger charge is -2.28. The minimum atomic E-state index is -0.341. The summed E-state index contributed by atoms with van der Waals surface area (Å²) in [5, 5.41) is 0. The van der Waals surface area contributed by atoms with Crippen molar-refractivity contribution < 1.29 is 23.7 Å². The van der Waals surface area contributed by atoms with Crippen LogP contribution in [0.15, 0.2) is 115 Å². The number of rotatable bonds is 12. The van der Waals surface area contributed by atoms with Gasteiger partial charge in [0.1, 0.15) is 30.2 Å². The minimum absolute atomic E-state index is 0.225. The maximum absolute atomic E-state index is 6.76. The van der Waals surface area contributed by atoms with Crippen LogP contribution >= 0.6 is 0 Å². The van der Waals surface area contributed by atoms with Crippen molar-refractivity contribution in [3.05, 3.63) is 138 Å². The molecule has 1 heterocycles. The molecule has 202 valence electrons. The molecule has 39 heavy (non-hydrogen) atoms. The van der Waals surface area contributed by atoms with Crippen molar-refractivity contribution in [3.63, 3.8) is 0 Å². The molecule has 0 saturated carbocycles. The van der Waals surface area contributed by atoms with E-state index < -0.39 is 0 Å². The average molecular weight is 525 g/mol. The van der Waals surface area contributed by atoms with E-state index in [2.05, 4.69) is 43.3 Å². The van der Waals surface area contributed by atoms with Crippen molar-refractivity contribution >= 4 is 0 Å². The van der Waals surface area contributed by atoms with Gasteiger partial charge in [0.2, 0.25) is 0 Å². The van der Waals surface area contributed by atoms with Gasteiger partial charge in [0.25, 0.3) is 0 Å². The van der Waals surface area contributed by atoms with Crippen LogP contribution in [0.25, 0.3) is 0 Å². The molecule has 1 unspecified atom stereocenters. The fraction of sp³-hybridized carbons (Fsp3) is 0.294. The lowest BCUT2D eigenvalue weighted by molar-refractivity contribution is -0.115. The number of hydrogen-bond acceptors (Lipinski definition) is 5. The van der Waals surface area contributed by atoms with Crippen LogP contribution in [0.5, 0.6) is 5.75 Å². The Morgan fingerprint density at radius 1 is 0.615 bits per heavy atom. The first-order valence-corrected chi connectivity index (χ1v) is 13.5. The molecule has 5 nitrogen and oxygen atoms in total. The van der Waals surface area contributed by atoms with Crippen LogP contribution in [0.4, 0.5) is 0 Å². The smallest absolute Gasteiger partial charge is 0.118 e. The van der Waals surface area contributed by atoms with E-state index in [1.807, 2.05) is 78.9 Å².